The summed E-state index contributed by atoms with van der Waals surface area (Å²) < 4.78 is 11.5. The Bertz CT molecular complexity index is 639. The molecule has 3 amide bonds. The van der Waals surface area contributed by atoms with Crippen LogP contribution in [-0.4, -0.2) is 55.9 Å². The van der Waals surface area contributed by atoms with Crippen LogP contribution in [0.2, 0.25) is 5.02 Å². The Labute approximate surface area is 172 Å². The Kier molecular flexibility index (Phi) is 9.00. The fourth-order valence-corrected chi connectivity index (χ4v) is 3.43. The lowest BCUT2D eigenvalue weighted by Gasteiger charge is -2.31. The normalized spacial score (nSPS) is 14.6. The van der Waals surface area contributed by atoms with E-state index in [2.05, 4.69) is 26.6 Å². The lowest BCUT2D eigenvalue weighted by molar-refractivity contribution is 0.0957. The number of nitrogens with zero attached hydrogens (tertiary/aromatic N) is 1. The Morgan fingerprint density at radius 3 is 2.74 bits per heavy atom. The van der Waals surface area contributed by atoms with Crippen LogP contribution in [0.25, 0.3) is 0 Å². The number of amides is 3. The molecule has 0 bridgehead atoms. The maximum Gasteiger partial charge on any atom is 0.409 e. The molecule has 1 heterocycles. The van der Waals surface area contributed by atoms with E-state index in [4.69, 9.17) is 21.1 Å². The van der Waals surface area contributed by atoms with Gasteiger partial charge in [-0.1, -0.05) is 27.5 Å². The molecular formula is C18H25BrClN3O4. The first-order valence-electron chi connectivity index (χ1n) is 9.03. The minimum absolute atomic E-state index is 0.0634. The number of benzene rings is 1. The quantitative estimate of drug-likeness (QED) is 0.604. The van der Waals surface area contributed by atoms with Crippen molar-refractivity contribution in [2.75, 3.05) is 32.8 Å². The van der Waals surface area contributed by atoms with Crippen LogP contribution < -0.4 is 15.4 Å². The van der Waals surface area contributed by atoms with Crippen molar-refractivity contribution in [3.05, 3.63) is 27.7 Å². The summed E-state index contributed by atoms with van der Waals surface area (Å²) in [6, 6.07) is 5.30. The van der Waals surface area contributed by atoms with Gasteiger partial charge in [-0.3, -0.25) is 0 Å². The molecule has 0 atom stereocenters. The number of hydrogen-bond donors (Lipinski definition) is 2. The third-order valence-electron chi connectivity index (χ3n) is 4.11. The van der Waals surface area contributed by atoms with E-state index in [9.17, 15) is 9.59 Å². The molecule has 0 aliphatic carbocycles. The molecule has 150 valence electrons. The number of piperidine rings is 1. The van der Waals surface area contributed by atoms with Crippen molar-refractivity contribution in [3.8, 4) is 5.75 Å². The SMILES string of the molecule is CCOC(=O)N1CCC(NC(=O)NCCCOc2ccc(Br)cc2Cl)CC1. The van der Waals surface area contributed by atoms with Crippen molar-refractivity contribution in [1.82, 2.24) is 15.5 Å². The van der Waals surface area contributed by atoms with E-state index in [1.54, 1.807) is 24.0 Å². The third kappa shape index (κ3) is 7.46. The molecular weight excluding hydrogens is 438 g/mol. The summed E-state index contributed by atoms with van der Waals surface area (Å²) >= 11 is 9.42. The molecule has 1 aromatic carbocycles. The molecule has 0 unspecified atom stereocenters. The van der Waals surface area contributed by atoms with Crippen molar-refractivity contribution in [1.29, 1.82) is 0 Å². The molecule has 1 aromatic rings. The van der Waals surface area contributed by atoms with Gasteiger partial charge in [0.15, 0.2) is 0 Å². The highest BCUT2D eigenvalue weighted by molar-refractivity contribution is 9.10. The molecule has 2 rings (SSSR count). The van der Waals surface area contributed by atoms with Crippen LogP contribution in [0.1, 0.15) is 26.2 Å². The Balaban J connectivity index is 1.57. The fraction of sp³-hybridized carbons (Fsp3) is 0.556. The van der Waals surface area contributed by atoms with Gasteiger partial charge in [-0.2, -0.15) is 0 Å². The van der Waals surface area contributed by atoms with E-state index < -0.39 is 0 Å². The van der Waals surface area contributed by atoms with Gasteiger partial charge in [-0.15, -0.1) is 0 Å². The highest BCUT2D eigenvalue weighted by Gasteiger charge is 2.24. The molecule has 0 radical (unpaired) electrons. The van der Waals surface area contributed by atoms with Gasteiger partial charge in [0.1, 0.15) is 5.75 Å². The second-order valence-corrected chi connectivity index (χ2v) is 7.46. The highest BCUT2D eigenvalue weighted by Crippen LogP contribution is 2.27. The Hall–Kier alpha value is -1.67. The minimum Gasteiger partial charge on any atom is -0.492 e. The molecule has 1 fully saturated rings. The van der Waals surface area contributed by atoms with Crippen molar-refractivity contribution in [2.24, 2.45) is 0 Å². The summed E-state index contributed by atoms with van der Waals surface area (Å²) in [5.41, 5.74) is 0. The summed E-state index contributed by atoms with van der Waals surface area (Å²) in [5.74, 6) is 0.623. The maximum atomic E-state index is 12.0. The summed E-state index contributed by atoms with van der Waals surface area (Å²) in [6.45, 7) is 4.30. The van der Waals surface area contributed by atoms with Gasteiger partial charge >= 0.3 is 12.1 Å². The third-order valence-corrected chi connectivity index (χ3v) is 4.90. The topological polar surface area (TPSA) is 79.9 Å². The van der Waals surface area contributed by atoms with E-state index in [-0.39, 0.29) is 18.2 Å². The van der Waals surface area contributed by atoms with Crippen LogP contribution in [0.15, 0.2) is 22.7 Å². The van der Waals surface area contributed by atoms with Gasteiger partial charge < -0.3 is 25.0 Å². The van der Waals surface area contributed by atoms with Crippen LogP contribution in [0, 0.1) is 0 Å². The number of carbonyl (C=O) groups excluding carboxylic acids is 2. The number of carbonyl (C=O) groups is 2. The van der Waals surface area contributed by atoms with Crippen LogP contribution in [0.3, 0.4) is 0 Å². The van der Waals surface area contributed by atoms with Gasteiger partial charge in [0.2, 0.25) is 0 Å². The number of ether oxygens (including phenoxy) is 2. The molecule has 27 heavy (non-hydrogen) atoms. The first-order valence-corrected chi connectivity index (χ1v) is 10.2. The van der Waals surface area contributed by atoms with Crippen molar-refractivity contribution >= 4 is 39.7 Å². The van der Waals surface area contributed by atoms with Crippen molar-refractivity contribution in [2.45, 2.75) is 32.2 Å². The average Bonchev–Trinajstić information content (AvgIpc) is 2.64. The van der Waals surface area contributed by atoms with E-state index in [1.165, 1.54) is 0 Å². The lowest BCUT2D eigenvalue weighted by atomic mass is 10.1. The van der Waals surface area contributed by atoms with Crippen LogP contribution in [0.4, 0.5) is 9.59 Å². The van der Waals surface area contributed by atoms with E-state index in [0.29, 0.717) is 50.0 Å². The largest absolute Gasteiger partial charge is 0.492 e. The van der Waals surface area contributed by atoms with Gasteiger partial charge in [0.25, 0.3) is 0 Å². The highest BCUT2D eigenvalue weighted by atomic mass is 79.9. The standard InChI is InChI=1S/C18H25BrClN3O4/c1-2-26-18(25)23-9-6-14(7-10-23)22-17(24)21-8-3-11-27-16-5-4-13(19)12-15(16)20/h4-5,12,14H,2-3,6-11H2,1H3,(H2,21,22,24). The molecule has 0 aromatic heterocycles. The number of likely N-dealkylation sites (tertiary alicyclic amines) is 1. The minimum atomic E-state index is -0.286. The molecule has 2 N–H and O–H groups in total. The zero-order valence-corrected chi connectivity index (χ0v) is 17.6. The summed E-state index contributed by atoms with van der Waals surface area (Å²) in [5, 5.41) is 6.30. The Morgan fingerprint density at radius 2 is 2.07 bits per heavy atom. The second-order valence-electron chi connectivity index (χ2n) is 6.14. The maximum absolute atomic E-state index is 12.0. The number of hydrogen-bond acceptors (Lipinski definition) is 4. The number of urea groups is 1. The Morgan fingerprint density at radius 1 is 1.33 bits per heavy atom. The van der Waals surface area contributed by atoms with Gasteiger partial charge in [-0.25, -0.2) is 9.59 Å². The van der Waals surface area contributed by atoms with Crippen molar-refractivity contribution in [3.63, 3.8) is 0 Å². The molecule has 1 aliphatic rings. The molecule has 0 saturated carbocycles. The predicted molar refractivity (Wildman–Crippen MR) is 107 cm³/mol. The lowest BCUT2D eigenvalue weighted by Crippen LogP contribution is -2.49. The van der Waals surface area contributed by atoms with Gasteiger partial charge in [-0.05, 0) is 44.4 Å². The van der Waals surface area contributed by atoms with Gasteiger partial charge in [0, 0.05) is 30.1 Å². The zero-order chi connectivity index (χ0) is 19.6. The fourth-order valence-electron chi connectivity index (χ4n) is 2.71. The number of nitrogens with one attached hydrogen (secondary N) is 2. The van der Waals surface area contributed by atoms with Crippen LogP contribution in [0.5, 0.6) is 5.75 Å². The van der Waals surface area contributed by atoms with Gasteiger partial charge in [0.05, 0.1) is 18.2 Å². The van der Waals surface area contributed by atoms with Crippen molar-refractivity contribution < 1.29 is 19.1 Å². The number of rotatable bonds is 7. The first kappa shape index (κ1) is 21.6. The second kappa shape index (κ2) is 11.2. The molecule has 0 spiro atoms. The molecule has 7 nitrogen and oxygen atoms in total. The first-order chi connectivity index (χ1) is 13.0. The van der Waals surface area contributed by atoms with E-state index in [0.717, 1.165) is 17.3 Å². The summed E-state index contributed by atoms with van der Waals surface area (Å²) in [6.07, 6.45) is 1.82. The van der Waals surface area contributed by atoms with E-state index in [1.807, 2.05) is 6.07 Å². The molecule has 9 heteroatoms. The average molecular weight is 463 g/mol. The zero-order valence-electron chi connectivity index (χ0n) is 15.3. The summed E-state index contributed by atoms with van der Waals surface area (Å²) in [4.78, 5) is 25.3. The number of halogens is 2. The molecule has 1 aliphatic heterocycles. The van der Waals surface area contributed by atoms with Crippen LogP contribution in [-0.2, 0) is 4.74 Å². The molecule has 1 saturated heterocycles. The smallest absolute Gasteiger partial charge is 0.409 e. The predicted octanol–water partition coefficient (Wildman–Crippen LogP) is 3.79. The van der Waals surface area contributed by atoms with E-state index >= 15 is 0 Å². The van der Waals surface area contributed by atoms with Crippen LogP contribution >= 0.6 is 27.5 Å². The summed E-state index contributed by atoms with van der Waals surface area (Å²) in [7, 11) is 0. The monoisotopic (exact) mass is 461 g/mol.